The molecule has 2 heterocycles. The summed E-state index contributed by atoms with van der Waals surface area (Å²) in [6, 6.07) is 13.8. The molecule has 0 saturated carbocycles. The molecule has 0 bridgehead atoms. The lowest BCUT2D eigenvalue weighted by Gasteiger charge is -2.29. The van der Waals surface area contributed by atoms with Gasteiger partial charge >= 0.3 is 0 Å². The minimum absolute atomic E-state index is 0.0750. The highest BCUT2D eigenvalue weighted by molar-refractivity contribution is 5.98. The first kappa shape index (κ1) is 18.7. The van der Waals surface area contributed by atoms with Crippen LogP contribution in [0.25, 0.3) is 0 Å². The van der Waals surface area contributed by atoms with Gasteiger partial charge in [-0.15, -0.1) is 0 Å². The van der Waals surface area contributed by atoms with Crippen molar-refractivity contribution in [3.8, 4) is 0 Å². The Morgan fingerprint density at radius 2 is 1.89 bits per heavy atom. The Bertz CT molecular complexity index is 908. The number of benzene rings is 2. The van der Waals surface area contributed by atoms with Crippen LogP contribution in [0, 0.1) is 13.8 Å². The van der Waals surface area contributed by atoms with Gasteiger partial charge in [-0.25, -0.2) is 0 Å². The minimum atomic E-state index is -0.376. The van der Waals surface area contributed by atoms with Gasteiger partial charge in [0, 0.05) is 24.2 Å². The summed E-state index contributed by atoms with van der Waals surface area (Å²) in [5, 5.41) is 5.15. The summed E-state index contributed by atoms with van der Waals surface area (Å²) in [4.78, 5) is 27.9. The third-order valence-corrected chi connectivity index (χ3v) is 5.98. The maximum absolute atomic E-state index is 13.2. The summed E-state index contributed by atoms with van der Waals surface area (Å²) in [6.07, 6.45) is 2.34. The number of anilines is 1. The van der Waals surface area contributed by atoms with Gasteiger partial charge in [0.15, 0.2) is 6.04 Å². The molecule has 2 amide bonds. The number of amides is 2. The van der Waals surface area contributed by atoms with Crippen molar-refractivity contribution in [3.63, 3.8) is 0 Å². The van der Waals surface area contributed by atoms with Crippen molar-refractivity contribution in [2.75, 3.05) is 11.9 Å². The van der Waals surface area contributed by atoms with Crippen LogP contribution in [0.5, 0.6) is 0 Å². The molecule has 28 heavy (non-hydrogen) atoms. The minimum Gasteiger partial charge on any atom is -0.332 e. The first-order chi connectivity index (χ1) is 13.5. The smallest absolute Gasteiger partial charge is 0.281 e. The molecule has 1 fully saturated rings. The molecule has 2 aromatic rings. The lowest BCUT2D eigenvalue weighted by atomic mass is 9.95. The molecule has 2 aliphatic rings. The van der Waals surface area contributed by atoms with Crippen LogP contribution >= 0.6 is 0 Å². The Balaban J connectivity index is 1.46. The molecule has 146 valence electrons. The van der Waals surface area contributed by atoms with Gasteiger partial charge in [0.2, 0.25) is 5.91 Å². The van der Waals surface area contributed by atoms with Gasteiger partial charge < -0.3 is 15.5 Å². The average molecular weight is 378 g/mol. The molecule has 0 radical (unpaired) electrons. The summed E-state index contributed by atoms with van der Waals surface area (Å²) >= 11 is 0. The molecule has 0 unspecified atom stereocenters. The van der Waals surface area contributed by atoms with Gasteiger partial charge in [0.25, 0.3) is 5.91 Å². The second kappa shape index (κ2) is 7.76. The molecule has 3 N–H and O–H groups in total. The average Bonchev–Trinajstić information content (AvgIpc) is 3.19. The van der Waals surface area contributed by atoms with Crippen molar-refractivity contribution in [2.24, 2.45) is 0 Å². The number of hydrogen-bond acceptors (Lipinski definition) is 2. The lowest BCUT2D eigenvalue weighted by molar-refractivity contribution is -0.695. The van der Waals surface area contributed by atoms with Crippen molar-refractivity contribution in [1.82, 2.24) is 4.90 Å². The Morgan fingerprint density at radius 3 is 2.68 bits per heavy atom. The SMILES string of the molecule is Cc1ccc(NC(=O)[C@@H]2CCCN2C(=O)[C@@H]2Cc3ccccc3C[NH2+]2)c(C)c1. The Labute approximate surface area is 166 Å². The van der Waals surface area contributed by atoms with E-state index in [-0.39, 0.29) is 23.9 Å². The molecule has 2 aliphatic heterocycles. The number of nitrogens with two attached hydrogens (primary N) is 1. The zero-order valence-corrected chi connectivity index (χ0v) is 16.6. The predicted octanol–water partition coefficient (Wildman–Crippen LogP) is 1.92. The van der Waals surface area contributed by atoms with Crippen LogP contribution < -0.4 is 10.6 Å². The van der Waals surface area contributed by atoms with E-state index >= 15 is 0 Å². The number of carbonyl (C=O) groups excluding carboxylic acids is 2. The van der Waals surface area contributed by atoms with E-state index in [0.717, 1.165) is 37.1 Å². The first-order valence-corrected chi connectivity index (χ1v) is 10.1. The van der Waals surface area contributed by atoms with Crippen LogP contribution in [0.1, 0.15) is 35.1 Å². The van der Waals surface area contributed by atoms with Gasteiger partial charge in [-0.3, -0.25) is 9.59 Å². The second-order valence-corrected chi connectivity index (χ2v) is 8.02. The van der Waals surface area contributed by atoms with E-state index in [2.05, 4.69) is 28.8 Å². The predicted molar refractivity (Wildman–Crippen MR) is 109 cm³/mol. The van der Waals surface area contributed by atoms with Crippen LogP contribution in [0.4, 0.5) is 5.69 Å². The number of quaternary nitrogens is 1. The van der Waals surface area contributed by atoms with Crippen LogP contribution in [-0.2, 0) is 22.6 Å². The van der Waals surface area contributed by atoms with Gasteiger partial charge in [0.1, 0.15) is 12.6 Å². The monoisotopic (exact) mass is 378 g/mol. The quantitative estimate of drug-likeness (QED) is 0.857. The van der Waals surface area contributed by atoms with E-state index in [9.17, 15) is 9.59 Å². The Hall–Kier alpha value is -2.66. The van der Waals surface area contributed by atoms with E-state index in [1.54, 1.807) is 4.90 Å². The molecule has 0 aromatic heterocycles. The molecule has 4 rings (SSSR count). The number of carbonyl (C=O) groups is 2. The van der Waals surface area contributed by atoms with Gasteiger partial charge in [-0.2, -0.15) is 0 Å². The fourth-order valence-corrected chi connectivity index (χ4v) is 4.42. The molecule has 5 heteroatoms. The molecule has 2 atom stereocenters. The number of nitrogens with zero attached hydrogens (tertiary/aromatic N) is 1. The number of fused-ring (bicyclic) bond motifs is 1. The van der Waals surface area contributed by atoms with Gasteiger partial charge in [0.05, 0.1) is 0 Å². The van der Waals surface area contributed by atoms with Crippen LogP contribution in [0.2, 0.25) is 0 Å². The third-order valence-electron chi connectivity index (χ3n) is 5.98. The summed E-state index contributed by atoms with van der Waals surface area (Å²) < 4.78 is 0. The molecule has 0 aliphatic carbocycles. The largest absolute Gasteiger partial charge is 0.332 e. The molecule has 2 aromatic carbocycles. The highest BCUT2D eigenvalue weighted by atomic mass is 16.2. The normalized spacial score (nSPS) is 21.3. The van der Waals surface area contributed by atoms with Crippen molar-refractivity contribution in [1.29, 1.82) is 0 Å². The highest BCUT2D eigenvalue weighted by Crippen LogP contribution is 2.23. The lowest BCUT2D eigenvalue weighted by Crippen LogP contribution is -2.93. The number of rotatable bonds is 3. The maximum atomic E-state index is 13.2. The van der Waals surface area contributed by atoms with Crippen molar-refractivity contribution in [2.45, 2.75) is 51.7 Å². The Kier molecular flexibility index (Phi) is 5.18. The second-order valence-electron chi connectivity index (χ2n) is 8.02. The molecular formula is C23H28N3O2+. The third kappa shape index (κ3) is 3.67. The first-order valence-electron chi connectivity index (χ1n) is 10.1. The standard InChI is InChI=1S/C23H27N3O2/c1-15-9-10-19(16(2)12-15)25-22(27)21-8-5-11-26(21)23(28)20-13-17-6-3-4-7-18(17)14-24-20/h3-4,6-7,9-10,12,20-21,24H,5,8,11,13-14H2,1-2H3,(H,25,27)/p+1/t20-,21-/m0/s1. The Morgan fingerprint density at radius 1 is 1.11 bits per heavy atom. The summed E-state index contributed by atoms with van der Waals surface area (Å²) in [5.41, 5.74) is 5.59. The van der Waals surface area contributed by atoms with Crippen molar-refractivity contribution < 1.29 is 14.9 Å². The van der Waals surface area contributed by atoms with Crippen molar-refractivity contribution >= 4 is 17.5 Å². The zero-order chi connectivity index (χ0) is 19.7. The molecule has 0 spiro atoms. The van der Waals surface area contributed by atoms with Gasteiger partial charge in [-0.1, -0.05) is 42.0 Å². The number of likely N-dealkylation sites (tertiary alicyclic amines) is 1. The molecule has 1 saturated heterocycles. The number of aryl methyl sites for hydroxylation is 2. The number of nitrogens with one attached hydrogen (secondary N) is 1. The fourth-order valence-electron chi connectivity index (χ4n) is 4.42. The topological polar surface area (TPSA) is 66.0 Å². The van der Waals surface area contributed by atoms with E-state index in [1.807, 2.05) is 38.1 Å². The van der Waals surface area contributed by atoms with Crippen LogP contribution in [0.3, 0.4) is 0 Å². The molecule has 5 nitrogen and oxygen atoms in total. The van der Waals surface area contributed by atoms with Gasteiger partial charge in [-0.05, 0) is 43.9 Å². The maximum Gasteiger partial charge on any atom is 0.281 e. The molecular weight excluding hydrogens is 350 g/mol. The van der Waals surface area contributed by atoms with E-state index < -0.39 is 0 Å². The summed E-state index contributed by atoms with van der Waals surface area (Å²) in [6.45, 7) is 5.51. The van der Waals surface area contributed by atoms with E-state index in [4.69, 9.17) is 0 Å². The summed E-state index contributed by atoms with van der Waals surface area (Å²) in [5.74, 6) is 0.0155. The van der Waals surface area contributed by atoms with E-state index in [0.29, 0.717) is 6.54 Å². The van der Waals surface area contributed by atoms with Crippen molar-refractivity contribution in [3.05, 3.63) is 64.7 Å². The number of hydrogen-bond donors (Lipinski definition) is 2. The van der Waals surface area contributed by atoms with E-state index in [1.165, 1.54) is 16.7 Å². The summed E-state index contributed by atoms with van der Waals surface area (Å²) in [7, 11) is 0. The van der Waals surface area contributed by atoms with Crippen LogP contribution in [0.15, 0.2) is 42.5 Å². The zero-order valence-electron chi connectivity index (χ0n) is 16.6. The fraction of sp³-hybridized carbons (Fsp3) is 0.391. The highest BCUT2D eigenvalue weighted by Gasteiger charge is 2.39. The van der Waals surface area contributed by atoms with Crippen LogP contribution in [-0.4, -0.2) is 35.3 Å².